The van der Waals surface area contributed by atoms with Crippen molar-refractivity contribution < 1.29 is 9.59 Å². The van der Waals surface area contributed by atoms with Crippen molar-refractivity contribution in [3.63, 3.8) is 0 Å². The molecule has 1 aromatic rings. The Bertz CT molecular complexity index is 659. The van der Waals surface area contributed by atoms with Crippen LogP contribution in [0.25, 0.3) is 0 Å². The summed E-state index contributed by atoms with van der Waals surface area (Å²) in [6, 6.07) is 4.91. The van der Waals surface area contributed by atoms with Crippen LogP contribution in [0, 0.1) is 0 Å². The maximum Gasteiger partial charge on any atom is 0.226 e. The molecule has 2 rings (SSSR count). The van der Waals surface area contributed by atoms with Crippen LogP contribution in [0.4, 0.5) is 5.69 Å². The molecule has 0 atom stereocenters. The highest BCUT2D eigenvalue weighted by Crippen LogP contribution is 2.25. The van der Waals surface area contributed by atoms with Crippen molar-refractivity contribution in [2.75, 3.05) is 18.4 Å². The van der Waals surface area contributed by atoms with Crippen molar-refractivity contribution in [2.45, 2.75) is 45.4 Å². The Balaban J connectivity index is 1.83. The van der Waals surface area contributed by atoms with Crippen LogP contribution in [-0.4, -0.2) is 29.8 Å². The molecule has 1 aliphatic rings. The predicted octanol–water partition coefficient (Wildman–Crippen LogP) is 5.06. The number of halogens is 2. The fourth-order valence-electron chi connectivity index (χ4n) is 2.88. The van der Waals surface area contributed by atoms with Gasteiger partial charge in [-0.15, -0.1) is 0 Å². The van der Waals surface area contributed by atoms with Gasteiger partial charge in [-0.25, -0.2) is 0 Å². The Kier molecular flexibility index (Phi) is 7.79. The number of rotatable bonds is 7. The van der Waals surface area contributed by atoms with E-state index in [0.717, 1.165) is 19.3 Å². The highest BCUT2D eigenvalue weighted by Gasteiger charge is 2.14. The normalized spacial score (nSPS) is 14.0. The molecule has 6 heteroatoms. The first-order valence-corrected chi connectivity index (χ1v) is 9.39. The maximum absolute atomic E-state index is 12.1. The number of hydrogen-bond donors (Lipinski definition) is 1. The molecule has 0 heterocycles. The highest BCUT2D eigenvalue weighted by molar-refractivity contribution is 6.35. The molecular weight excluding hydrogens is 359 g/mol. The molecule has 136 valence electrons. The zero-order valence-electron chi connectivity index (χ0n) is 14.5. The van der Waals surface area contributed by atoms with Crippen LogP contribution in [0.15, 0.2) is 29.8 Å². The van der Waals surface area contributed by atoms with Gasteiger partial charge in [0.25, 0.3) is 0 Å². The quantitative estimate of drug-likeness (QED) is 0.669. The third kappa shape index (κ3) is 6.71. The van der Waals surface area contributed by atoms with E-state index >= 15 is 0 Å². The molecule has 0 spiro atoms. The fourth-order valence-corrected chi connectivity index (χ4v) is 3.22. The van der Waals surface area contributed by atoms with Crippen LogP contribution in [0.1, 0.15) is 45.4 Å². The number of amides is 2. The lowest BCUT2D eigenvalue weighted by Crippen LogP contribution is -2.33. The van der Waals surface area contributed by atoms with E-state index in [2.05, 4.69) is 11.4 Å². The van der Waals surface area contributed by atoms with Crippen molar-refractivity contribution in [1.82, 2.24) is 4.90 Å². The molecule has 0 saturated carbocycles. The minimum atomic E-state index is -0.188. The third-order valence-corrected chi connectivity index (χ3v) is 4.91. The molecule has 0 radical (unpaired) electrons. The van der Waals surface area contributed by atoms with Crippen LogP contribution >= 0.6 is 23.2 Å². The van der Waals surface area contributed by atoms with E-state index in [4.69, 9.17) is 23.2 Å². The summed E-state index contributed by atoms with van der Waals surface area (Å²) < 4.78 is 0. The molecule has 0 fully saturated rings. The van der Waals surface area contributed by atoms with Gasteiger partial charge in [0.05, 0.1) is 10.7 Å². The second-order valence-electron chi connectivity index (χ2n) is 6.29. The van der Waals surface area contributed by atoms with E-state index in [1.54, 1.807) is 30.0 Å². The van der Waals surface area contributed by atoms with Gasteiger partial charge < -0.3 is 10.2 Å². The molecule has 1 aromatic carbocycles. The zero-order valence-corrected chi connectivity index (χ0v) is 16.0. The Hall–Kier alpha value is -1.52. The summed E-state index contributed by atoms with van der Waals surface area (Å²) >= 11 is 12.0. The standard InChI is InChI=1S/C19H24Cl2N2O2/c1-14(24)23(11-9-15-5-3-2-4-6-15)12-10-19(25)22-18-13-16(20)7-8-17(18)21/h5,7-8,13H,2-4,6,9-12H2,1H3,(H,22,25). The Morgan fingerprint density at radius 1 is 1.20 bits per heavy atom. The van der Waals surface area contributed by atoms with Gasteiger partial charge >= 0.3 is 0 Å². The molecule has 1 aliphatic carbocycles. The minimum Gasteiger partial charge on any atom is -0.342 e. The first-order chi connectivity index (χ1) is 12.0. The summed E-state index contributed by atoms with van der Waals surface area (Å²) in [5.41, 5.74) is 1.91. The number of allylic oxidation sites excluding steroid dienone is 1. The molecule has 0 aromatic heterocycles. The van der Waals surface area contributed by atoms with E-state index in [9.17, 15) is 9.59 Å². The van der Waals surface area contributed by atoms with Gasteiger partial charge in [-0.1, -0.05) is 34.9 Å². The molecule has 0 aliphatic heterocycles. The lowest BCUT2D eigenvalue weighted by atomic mass is 9.97. The summed E-state index contributed by atoms with van der Waals surface area (Å²) in [7, 11) is 0. The number of nitrogens with zero attached hydrogens (tertiary/aromatic N) is 1. The maximum atomic E-state index is 12.1. The largest absolute Gasteiger partial charge is 0.342 e. The number of carbonyl (C=O) groups is 2. The number of benzene rings is 1. The molecular formula is C19H24Cl2N2O2. The Labute approximate surface area is 159 Å². The van der Waals surface area contributed by atoms with Crippen molar-refractivity contribution >= 4 is 40.7 Å². The van der Waals surface area contributed by atoms with Crippen molar-refractivity contribution in [3.8, 4) is 0 Å². The van der Waals surface area contributed by atoms with Crippen LogP contribution < -0.4 is 5.32 Å². The van der Waals surface area contributed by atoms with Crippen LogP contribution in [0.5, 0.6) is 0 Å². The fraction of sp³-hybridized carbons (Fsp3) is 0.474. The summed E-state index contributed by atoms with van der Waals surface area (Å²) in [5.74, 6) is -0.197. The topological polar surface area (TPSA) is 49.4 Å². The van der Waals surface area contributed by atoms with E-state index in [1.165, 1.54) is 18.4 Å². The van der Waals surface area contributed by atoms with Gasteiger partial charge in [0.2, 0.25) is 11.8 Å². The van der Waals surface area contributed by atoms with Gasteiger partial charge in [0.1, 0.15) is 0 Å². The van der Waals surface area contributed by atoms with Crippen molar-refractivity contribution in [2.24, 2.45) is 0 Å². The van der Waals surface area contributed by atoms with E-state index < -0.39 is 0 Å². The summed E-state index contributed by atoms with van der Waals surface area (Å²) in [6.45, 7) is 2.60. The smallest absolute Gasteiger partial charge is 0.226 e. The second-order valence-corrected chi connectivity index (χ2v) is 7.13. The first kappa shape index (κ1) is 19.8. The number of hydrogen-bond acceptors (Lipinski definition) is 2. The van der Waals surface area contributed by atoms with E-state index in [1.807, 2.05) is 0 Å². The molecule has 2 amide bonds. The van der Waals surface area contributed by atoms with Crippen molar-refractivity contribution in [1.29, 1.82) is 0 Å². The number of anilines is 1. The summed E-state index contributed by atoms with van der Waals surface area (Å²) in [6.07, 6.45) is 8.15. The first-order valence-electron chi connectivity index (χ1n) is 8.64. The lowest BCUT2D eigenvalue weighted by molar-refractivity contribution is -0.129. The van der Waals surface area contributed by atoms with Crippen LogP contribution in [0.3, 0.4) is 0 Å². The molecule has 0 bridgehead atoms. The van der Waals surface area contributed by atoms with E-state index in [-0.39, 0.29) is 18.2 Å². The third-order valence-electron chi connectivity index (χ3n) is 4.34. The van der Waals surface area contributed by atoms with Crippen molar-refractivity contribution in [3.05, 3.63) is 39.9 Å². The second kappa shape index (κ2) is 9.83. The molecule has 25 heavy (non-hydrogen) atoms. The van der Waals surface area contributed by atoms with Gasteiger partial charge in [-0.2, -0.15) is 0 Å². The molecule has 0 unspecified atom stereocenters. The summed E-state index contributed by atoms with van der Waals surface area (Å²) in [5, 5.41) is 3.69. The average Bonchev–Trinajstić information content (AvgIpc) is 2.58. The lowest BCUT2D eigenvalue weighted by Gasteiger charge is -2.22. The molecule has 4 nitrogen and oxygen atoms in total. The number of nitrogens with one attached hydrogen (secondary N) is 1. The van der Waals surface area contributed by atoms with Crippen LogP contribution in [0.2, 0.25) is 10.0 Å². The van der Waals surface area contributed by atoms with Gasteiger partial charge in [-0.05, 0) is 50.3 Å². The van der Waals surface area contributed by atoms with Gasteiger partial charge in [0, 0.05) is 31.5 Å². The average molecular weight is 383 g/mol. The van der Waals surface area contributed by atoms with Gasteiger partial charge in [0.15, 0.2) is 0 Å². The van der Waals surface area contributed by atoms with Gasteiger partial charge in [-0.3, -0.25) is 9.59 Å². The number of carbonyl (C=O) groups excluding carboxylic acids is 2. The Morgan fingerprint density at radius 3 is 2.68 bits per heavy atom. The van der Waals surface area contributed by atoms with E-state index in [0.29, 0.717) is 28.8 Å². The minimum absolute atomic E-state index is 0.00926. The monoisotopic (exact) mass is 382 g/mol. The Morgan fingerprint density at radius 2 is 2.00 bits per heavy atom. The highest BCUT2D eigenvalue weighted by atomic mass is 35.5. The SMILES string of the molecule is CC(=O)N(CCC(=O)Nc1cc(Cl)ccc1Cl)CCC1=CCCCC1. The summed E-state index contributed by atoms with van der Waals surface area (Å²) in [4.78, 5) is 25.7. The zero-order chi connectivity index (χ0) is 18.2. The van der Waals surface area contributed by atoms with Crippen LogP contribution in [-0.2, 0) is 9.59 Å². The predicted molar refractivity (Wildman–Crippen MR) is 103 cm³/mol. The molecule has 1 N–H and O–H groups in total. The molecule has 0 saturated heterocycles.